The molecule has 0 saturated carbocycles. The minimum Gasteiger partial charge on any atom is -0.344 e. The molecular formula is C6H19N3. The van der Waals surface area contributed by atoms with Crippen LogP contribution in [0.4, 0.5) is 0 Å². The number of hydrogen-bond acceptors (Lipinski definition) is 3. The van der Waals surface area contributed by atoms with Crippen molar-refractivity contribution in [2.24, 2.45) is 0 Å². The monoisotopic (exact) mass is 133 g/mol. The van der Waals surface area contributed by atoms with Gasteiger partial charge in [-0.25, -0.2) is 0 Å². The zero-order valence-electron chi connectivity index (χ0n) is 6.78. The van der Waals surface area contributed by atoms with Crippen LogP contribution in [0.2, 0.25) is 0 Å². The summed E-state index contributed by atoms with van der Waals surface area (Å²) < 4.78 is 0. The summed E-state index contributed by atoms with van der Waals surface area (Å²) in [6, 6.07) is 0. The first-order valence-electron chi connectivity index (χ1n) is 3.06. The van der Waals surface area contributed by atoms with Crippen molar-refractivity contribution in [2.75, 3.05) is 34.2 Å². The van der Waals surface area contributed by atoms with Crippen LogP contribution in [0, 0.1) is 0 Å². The lowest BCUT2D eigenvalue weighted by Crippen LogP contribution is -2.18. The molecule has 0 aromatic heterocycles. The number of rotatable bonds is 4. The lowest BCUT2D eigenvalue weighted by molar-refractivity contribution is 0.397. The first kappa shape index (κ1) is 11.6. The van der Waals surface area contributed by atoms with Crippen LogP contribution in [0.3, 0.4) is 0 Å². The van der Waals surface area contributed by atoms with Crippen LogP contribution < -0.4 is 11.5 Å². The molecule has 4 N–H and O–H groups in total. The second-order valence-electron chi connectivity index (χ2n) is 2.26. The third-order valence-corrected chi connectivity index (χ3v) is 1.03. The summed E-state index contributed by atoms with van der Waals surface area (Å²) in [4.78, 5) is 2.19. The molecule has 0 aliphatic rings. The van der Waals surface area contributed by atoms with Crippen molar-refractivity contribution in [3.8, 4) is 0 Å². The van der Waals surface area contributed by atoms with E-state index in [1.165, 1.54) is 13.0 Å². The molecule has 0 spiro atoms. The van der Waals surface area contributed by atoms with E-state index < -0.39 is 0 Å². The van der Waals surface area contributed by atoms with Crippen LogP contribution in [0.5, 0.6) is 0 Å². The average molecular weight is 133 g/mol. The van der Waals surface area contributed by atoms with Gasteiger partial charge in [-0.15, -0.1) is 0 Å². The van der Waals surface area contributed by atoms with E-state index in [4.69, 9.17) is 0 Å². The summed E-state index contributed by atoms with van der Waals surface area (Å²) in [5.74, 6) is 0. The highest BCUT2D eigenvalue weighted by molar-refractivity contribution is 4.44. The van der Waals surface area contributed by atoms with Crippen molar-refractivity contribution >= 4 is 0 Å². The molecule has 0 unspecified atom stereocenters. The van der Waals surface area contributed by atoms with Gasteiger partial charge in [-0.05, 0) is 40.7 Å². The first-order valence-corrected chi connectivity index (χ1v) is 3.06. The normalized spacial score (nSPS) is 9.33. The van der Waals surface area contributed by atoms with Gasteiger partial charge in [0.05, 0.1) is 0 Å². The Bertz CT molecular complexity index is 45.6. The summed E-state index contributed by atoms with van der Waals surface area (Å²) in [5, 5.41) is 3.10. The van der Waals surface area contributed by atoms with Crippen LogP contribution in [-0.4, -0.2) is 39.1 Å². The summed E-state index contributed by atoms with van der Waals surface area (Å²) in [6.07, 6.45) is 1.24. The molecule has 58 valence electrons. The Kier molecular flexibility index (Phi) is 10.2. The Morgan fingerprint density at radius 3 is 2.22 bits per heavy atom. The Labute approximate surface area is 58.0 Å². The highest BCUT2D eigenvalue weighted by atomic mass is 15.0. The van der Waals surface area contributed by atoms with E-state index in [-0.39, 0.29) is 6.15 Å². The molecule has 0 heterocycles. The molecule has 0 radical (unpaired) electrons. The van der Waals surface area contributed by atoms with Gasteiger partial charge in [0.1, 0.15) is 0 Å². The average Bonchev–Trinajstić information content (AvgIpc) is 1.66. The highest BCUT2D eigenvalue weighted by Crippen LogP contribution is 1.78. The van der Waals surface area contributed by atoms with Crippen LogP contribution in [-0.2, 0) is 0 Å². The Hall–Kier alpha value is -0.120. The van der Waals surface area contributed by atoms with Gasteiger partial charge in [-0.2, -0.15) is 0 Å². The van der Waals surface area contributed by atoms with Gasteiger partial charge >= 0.3 is 0 Å². The van der Waals surface area contributed by atoms with E-state index in [2.05, 4.69) is 24.3 Å². The van der Waals surface area contributed by atoms with Gasteiger partial charge in [0.15, 0.2) is 0 Å². The largest absolute Gasteiger partial charge is 0.344 e. The van der Waals surface area contributed by atoms with Crippen LogP contribution >= 0.6 is 0 Å². The Balaban J connectivity index is 0. The van der Waals surface area contributed by atoms with Gasteiger partial charge in [0, 0.05) is 0 Å². The van der Waals surface area contributed by atoms with Crippen molar-refractivity contribution < 1.29 is 0 Å². The van der Waals surface area contributed by atoms with Crippen molar-refractivity contribution in [1.29, 1.82) is 0 Å². The molecule has 0 aliphatic heterocycles. The van der Waals surface area contributed by atoms with Crippen LogP contribution in [0.25, 0.3) is 0 Å². The first-order chi connectivity index (χ1) is 3.77. The number of nitrogens with one attached hydrogen (secondary N) is 1. The zero-order valence-corrected chi connectivity index (χ0v) is 6.78. The quantitative estimate of drug-likeness (QED) is 0.543. The molecule has 0 aromatic rings. The lowest BCUT2D eigenvalue weighted by Gasteiger charge is -2.07. The minimum absolute atomic E-state index is 0. The molecule has 0 saturated heterocycles. The van der Waals surface area contributed by atoms with Gasteiger partial charge in [-0.3, -0.25) is 0 Å². The minimum atomic E-state index is 0. The third kappa shape index (κ3) is 11.4. The number of nitrogens with zero attached hydrogens (tertiary/aromatic N) is 1. The molecule has 0 rings (SSSR count). The second-order valence-corrected chi connectivity index (χ2v) is 2.26. The maximum atomic E-state index is 3.10. The maximum absolute atomic E-state index is 3.10. The van der Waals surface area contributed by atoms with Crippen molar-refractivity contribution in [3.05, 3.63) is 0 Å². The van der Waals surface area contributed by atoms with Gasteiger partial charge in [0.25, 0.3) is 0 Å². The van der Waals surface area contributed by atoms with Gasteiger partial charge in [0.2, 0.25) is 0 Å². The summed E-state index contributed by atoms with van der Waals surface area (Å²) in [5.41, 5.74) is 0. The van der Waals surface area contributed by atoms with E-state index in [1.807, 2.05) is 7.05 Å². The fourth-order valence-electron chi connectivity index (χ4n) is 0.572. The molecular weight excluding hydrogens is 114 g/mol. The smallest absolute Gasteiger partial charge is 0.00127 e. The van der Waals surface area contributed by atoms with E-state index in [0.717, 1.165) is 6.54 Å². The lowest BCUT2D eigenvalue weighted by atomic mass is 10.4. The molecule has 0 fully saturated rings. The molecule has 0 aromatic carbocycles. The van der Waals surface area contributed by atoms with E-state index >= 15 is 0 Å². The molecule has 3 heteroatoms. The molecule has 0 atom stereocenters. The SMILES string of the molecule is CNCCCN(C)C.N. The standard InChI is InChI=1S/C6H16N2.H3N/c1-7-5-4-6-8(2)3;/h7H,4-6H2,1-3H3;1H3. The fraction of sp³-hybridized carbons (Fsp3) is 1.00. The third-order valence-electron chi connectivity index (χ3n) is 1.03. The highest BCUT2D eigenvalue weighted by Gasteiger charge is 1.85. The fourth-order valence-corrected chi connectivity index (χ4v) is 0.572. The topological polar surface area (TPSA) is 50.3 Å². The Morgan fingerprint density at radius 2 is 1.89 bits per heavy atom. The van der Waals surface area contributed by atoms with Crippen LogP contribution in [0.1, 0.15) is 6.42 Å². The zero-order chi connectivity index (χ0) is 6.41. The predicted molar refractivity (Wildman–Crippen MR) is 42.1 cm³/mol. The number of hydrogen-bond donors (Lipinski definition) is 2. The van der Waals surface area contributed by atoms with Crippen molar-refractivity contribution in [2.45, 2.75) is 6.42 Å². The Morgan fingerprint density at radius 1 is 1.33 bits per heavy atom. The van der Waals surface area contributed by atoms with E-state index in [0.29, 0.717) is 0 Å². The second kappa shape index (κ2) is 7.88. The summed E-state index contributed by atoms with van der Waals surface area (Å²) in [6.45, 7) is 2.30. The van der Waals surface area contributed by atoms with E-state index in [9.17, 15) is 0 Å². The summed E-state index contributed by atoms with van der Waals surface area (Å²) in [7, 11) is 6.17. The molecule has 9 heavy (non-hydrogen) atoms. The molecule has 0 aliphatic carbocycles. The van der Waals surface area contributed by atoms with Crippen molar-refractivity contribution in [1.82, 2.24) is 16.4 Å². The molecule has 0 bridgehead atoms. The van der Waals surface area contributed by atoms with Crippen LogP contribution in [0.15, 0.2) is 0 Å². The summed E-state index contributed by atoms with van der Waals surface area (Å²) >= 11 is 0. The molecule has 3 nitrogen and oxygen atoms in total. The molecule has 0 amide bonds. The van der Waals surface area contributed by atoms with Gasteiger partial charge in [-0.1, -0.05) is 0 Å². The van der Waals surface area contributed by atoms with Crippen molar-refractivity contribution in [3.63, 3.8) is 0 Å². The van der Waals surface area contributed by atoms with Gasteiger partial charge < -0.3 is 16.4 Å². The predicted octanol–water partition coefficient (Wildman–Crippen LogP) is 0.320. The van der Waals surface area contributed by atoms with E-state index in [1.54, 1.807) is 0 Å². The maximum Gasteiger partial charge on any atom is -0.00127 e.